The topological polar surface area (TPSA) is 29.5 Å². The van der Waals surface area contributed by atoms with E-state index < -0.39 is 0 Å². The van der Waals surface area contributed by atoms with Crippen LogP contribution in [0.3, 0.4) is 0 Å². The van der Waals surface area contributed by atoms with E-state index in [1.807, 2.05) is 0 Å². The number of unbranched alkanes of at least 4 members (excludes halogenated alkanes) is 3. The molecule has 1 aromatic rings. The van der Waals surface area contributed by atoms with E-state index in [9.17, 15) is 4.79 Å². The lowest BCUT2D eigenvalue weighted by Gasteiger charge is -2.17. The van der Waals surface area contributed by atoms with Crippen molar-refractivity contribution in [3.8, 4) is 5.75 Å². The van der Waals surface area contributed by atoms with Gasteiger partial charge in [-0.2, -0.15) is 0 Å². The lowest BCUT2D eigenvalue weighted by atomic mass is 10.2. The van der Waals surface area contributed by atoms with Gasteiger partial charge < -0.3 is 9.64 Å². The van der Waals surface area contributed by atoms with E-state index in [1.165, 1.54) is 0 Å². The molecule has 0 unspecified atom stereocenters. The molecule has 0 saturated heterocycles. The summed E-state index contributed by atoms with van der Waals surface area (Å²) in [7, 11) is 1.80. The van der Waals surface area contributed by atoms with Gasteiger partial charge in [-0.15, -0.1) is 0 Å². The summed E-state index contributed by atoms with van der Waals surface area (Å²) < 4.78 is 5.41. The molecule has 0 atom stereocenters. The fourth-order valence-electron chi connectivity index (χ4n) is 1.61. The van der Waals surface area contributed by atoms with Crippen molar-refractivity contribution < 1.29 is 9.53 Å². The van der Waals surface area contributed by atoms with Crippen molar-refractivity contribution >= 4 is 17.5 Å². The molecule has 105 valence electrons. The minimum absolute atomic E-state index is 0.00965. The van der Waals surface area contributed by atoms with E-state index in [1.54, 1.807) is 36.2 Å². The maximum absolute atomic E-state index is 11.8. The summed E-state index contributed by atoms with van der Waals surface area (Å²) in [6.07, 6.45) is 4.19. The Kier molecular flexibility index (Phi) is 7.34. The molecule has 4 heteroatoms. The first-order valence-corrected chi connectivity index (χ1v) is 6.93. The second-order valence-corrected chi connectivity index (χ2v) is 4.91. The third kappa shape index (κ3) is 6.48. The van der Waals surface area contributed by atoms with Gasteiger partial charge in [0.1, 0.15) is 5.75 Å². The van der Waals surface area contributed by atoms with Crippen LogP contribution in [-0.4, -0.2) is 31.0 Å². The molecule has 0 spiro atoms. The molecule has 0 heterocycles. The van der Waals surface area contributed by atoms with Crippen LogP contribution in [0.4, 0.5) is 0 Å². The van der Waals surface area contributed by atoms with Gasteiger partial charge in [0, 0.05) is 18.6 Å². The van der Waals surface area contributed by atoms with Crippen molar-refractivity contribution in [1.29, 1.82) is 0 Å². The Labute approximate surface area is 120 Å². The minimum atomic E-state index is -0.00965. The van der Waals surface area contributed by atoms with Crippen molar-refractivity contribution in [2.75, 3.05) is 20.2 Å². The summed E-state index contributed by atoms with van der Waals surface area (Å²) >= 11 is 5.77. The Bertz CT molecular complexity index is 378. The van der Waals surface area contributed by atoms with Crippen molar-refractivity contribution in [1.82, 2.24) is 4.90 Å². The molecule has 3 nitrogen and oxygen atoms in total. The van der Waals surface area contributed by atoms with Gasteiger partial charge >= 0.3 is 0 Å². The van der Waals surface area contributed by atoms with Crippen LogP contribution in [0.25, 0.3) is 0 Å². The molecule has 0 fully saturated rings. The predicted molar refractivity (Wildman–Crippen MR) is 78.4 cm³/mol. The van der Waals surface area contributed by atoms with Crippen LogP contribution in [0.5, 0.6) is 5.75 Å². The number of carbonyl (C=O) groups excluding carboxylic acids is 1. The number of hydrogen-bond donors (Lipinski definition) is 0. The third-order valence-corrected chi connectivity index (χ3v) is 3.10. The van der Waals surface area contributed by atoms with Crippen molar-refractivity contribution in [2.24, 2.45) is 0 Å². The molecular weight excluding hydrogens is 262 g/mol. The van der Waals surface area contributed by atoms with Crippen molar-refractivity contribution in [2.45, 2.75) is 25.7 Å². The van der Waals surface area contributed by atoms with Crippen LogP contribution in [0.2, 0.25) is 5.02 Å². The van der Waals surface area contributed by atoms with Crippen LogP contribution < -0.4 is 4.74 Å². The zero-order valence-electron chi connectivity index (χ0n) is 11.4. The number of hydrogen-bond acceptors (Lipinski definition) is 2. The standard InChI is InChI=1S/C15H21ClNO2/c1-3-4-5-6-11-17(2)15(18)12-19-14-9-7-13(16)8-10-14/h7-10H,1,3-6,11-12H2,2H3. The monoisotopic (exact) mass is 282 g/mol. The minimum Gasteiger partial charge on any atom is -0.484 e. The quantitative estimate of drug-likeness (QED) is 0.682. The summed E-state index contributed by atoms with van der Waals surface area (Å²) in [4.78, 5) is 13.5. The number of benzene rings is 1. The normalized spacial score (nSPS) is 10.3. The maximum atomic E-state index is 11.8. The molecular formula is C15H21ClNO2. The van der Waals surface area contributed by atoms with Crippen LogP contribution in [0.15, 0.2) is 24.3 Å². The Balaban J connectivity index is 2.24. The van der Waals surface area contributed by atoms with E-state index in [0.29, 0.717) is 10.8 Å². The highest BCUT2D eigenvalue weighted by Crippen LogP contribution is 2.15. The molecule has 0 N–H and O–H groups in total. The summed E-state index contributed by atoms with van der Waals surface area (Å²) in [6.45, 7) is 4.63. The molecule has 0 aliphatic carbocycles. The van der Waals surface area contributed by atoms with Gasteiger partial charge in [0.2, 0.25) is 0 Å². The molecule has 0 aliphatic heterocycles. The number of carbonyl (C=O) groups is 1. The van der Waals surface area contributed by atoms with Crippen LogP contribution in [0.1, 0.15) is 25.7 Å². The number of likely N-dealkylation sites (N-methyl/N-ethyl adjacent to an activating group) is 1. The first-order chi connectivity index (χ1) is 9.13. The summed E-state index contributed by atoms with van der Waals surface area (Å²) in [6, 6.07) is 6.99. The molecule has 0 aliphatic rings. The van der Waals surface area contributed by atoms with Gasteiger partial charge in [-0.3, -0.25) is 4.79 Å². The van der Waals surface area contributed by atoms with E-state index >= 15 is 0 Å². The largest absolute Gasteiger partial charge is 0.484 e. The number of nitrogens with zero attached hydrogens (tertiary/aromatic N) is 1. The van der Waals surface area contributed by atoms with Gasteiger partial charge in [0.15, 0.2) is 6.61 Å². The maximum Gasteiger partial charge on any atom is 0.260 e. The fourth-order valence-corrected chi connectivity index (χ4v) is 1.74. The van der Waals surface area contributed by atoms with Gasteiger partial charge in [-0.25, -0.2) is 0 Å². The lowest BCUT2D eigenvalue weighted by Crippen LogP contribution is -2.32. The summed E-state index contributed by atoms with van der Waals surface area (Å²) in [5.41, 5.74) is 0. The van der Waals surface area contributed by atoms with Gasteiger partial charge in [-0.1, -0.05) is 37.8 Å². The lowest BCUT2D eigenvalue weighted by molar-refractivity contribution is -0.132. The van der Waals surface area contributed by atoms with E-state index in [4.69, 9.17) is 16.3 Å². The zero-order valence-corrected chi connectivity index (χ0v) is 12.2. The number of amides is 1. The second-order valence-electron chi connectivity index (χ2n) is 4.47. The molecule has 0 aromatic heterocycles. The number of rotatable bonds is 8. The highest BCUT2D eigenvalue weighted by atomic mass is 35.5. The Morgan fingerprint density at radius 3 is 2.58 bits per heavy atom. The molecule has 1 aromatic carbocycles. The van der Waals surface area contributed by atoms with Gasteiger partial charge in [0.25, 0.3) is 5.91 Å². The molecule has 19 heavy (non-hydrogen) atoms. The molecule has 0 saturated carbocycles. The van der Waals surface area contributed by atoms with Crippen molar-refractivity contribution in [3.63, 3.8) is 0 Å². The van der Waals surface area contributed by atoms with E-state index in [-0.39, 0.29) is 12.5 Å². The average molecular weight is 283 g/mol. The summed E-state index contributed by atoms with van der Waals surface area (Å²) in [5, 5.41) is 0.654. The van der Waals surface area contributed by atoms with Gasteiger partial charge in [-0.05, 0) is 30.7 Å². The summed E-state index contributed by atoms with van der Waals surface area (Å²) in [5.74, 6) is 0.646. The fraction of sp³-hybridized carbons (Fsp3) is 0.467. The SMILES string of the molecule is [CH2]CCCCCN(C)C(=O)COc1ccc(Cl)cc1. The number of halogens is 1. The molecule has 1 amide bonds. The van der Waals surface area contributed by atoms with Crippen LogP contribution >= 0.6 is 11.6 Å². The Morgan fingerprint density at radius 2 is 1.95 bits per heavy atom. The Morgan fingerprint density at radius 1 is 1.26 bits per heavy atom. The Hall–Kier alpha value is -1.22. The highest BCUT2D eigenvalue weighted by Gasteiger charge is 2.08. The predicted octanol–water partition coefficient (Wildman–Crippen LogP) is 3.57. The van der Waals surface area contributed by atoms with Gasteiger partial charge in [0.05, 0.1) is 0 Å². The average Bonchev–Trinajstić information content (AvgIpc) is 2.42. The second kappa shape index (κ2) is 8.81. The zero-order chi connectivity index (χ0) is 14.1. The van der Waals surface area contributed by atoms with Crippen LogP contribution in [0, 0.1) is 6.92 Å². The van der Waals surface area contributed by atoms with E-state index in [0.717, 1.165) is 32.2 Å². The molecule has 1 radical (unpaired) electrons. The van der Waals surface area contributed by atoms with Crippen LogP contribution in [-0.2, 0) is 4.79 Å². The molecule has 0 bridgehead atoms. The van der Waals surface area contributed by atoms with Crippen molar-refractivity contribution in [3.05, 3.63) is 36.2 Å². The van der Waals surface area contributed by atoms with E-state index in [2.05, 4.69) is 6.92 Å². The highest BCUT2D eigenvalue weighted by molar-refractivity contribution is 6.30. The smallest absolute Gasteiger partial charge is 0.260 e. The third-order valence-electron chi connectivity index (χ3n) is 2.85. The first-order valence-electron chi connectivity index (χ1n) is 6.55. The number of ether oxygens (including phenoxy) is 1. The molecule has 1 rings (SSSR count). The first kappa shape index (κ1) is 15.8.